The van der Waals surface area contributed by atoms with Gasteiger partial charge in [-0.2, -0.15) is 4.31 Å². The Labute approximate surface area is 188 Å². The van der Waals surface area contributed by atoms with Crippen molar-refractivity contribution in [3.63, 3.8) is 0 Å². The van der Waals surface area contributed by atoms with Crippen LogP contribution in [0.1, 0.15) is 36.0 Å². The maximum absolute atomic E-state index is 12.8. The van der Waals surface area contributed by atoms with Crippen LogP contribution in [0.3, 0.4) is 0 Å². The molecule has 0 spiro atoms. The third-order valence-electron chi connectivity index (χ3n) is 5.89. The smallest absolute Gasteiger partial charge is 0.251 e. The van der Waals surface area contributed by atoms with Crippen LogP contribution in [0.4, 0.5) is 5.69 Å². The first-order valence-corrected chi connectivity index (χ1v) is 12.2. The van der Waals surface area contributed by atoms with Gasteiger partial charge in [-0.25, -0.2) is 8.42 Å². The molecule has 1 N–H and O–H groups in total. The predicted molar refractivity (Wildman–Crippen MR) is 120 cm³/mol. The molecule has 32 heavy (non-hydrogen) atoms. The van der Waals surface area contributed by atoms with E-state index in [1.54, 1.807) is 24.1 Å². The average molecular weight is 458 g/mol. The molecule has 2 fully saturated rings. The Morgan fingerprint density at radius 2 is 1.78 bits per heavy atom. The number of methoxy groups -OCH3 is 1. The fourth-order valence-electron chi connectivity index (χ4n) is 4.13. The predicted octanol–water partition coefficient (Wildman–Crippen LogP) is 2.41. The van der Waals surface area contributed by atoms with Crippen LogP contribution in [-0.2, 0) is 14.8 Å². The number of hydrogen-bond acceptors (Lipinski definition) is 5. The number of nitrogens with zero attached hydrogens (tertiary/aromatic N) is 2. The highest BCUT2D eigenvalue weighted by Gasteiger charge is 2.32. The van der Waals surface area contributed by atoms with E-state index in [9.17, 15) is 18.0 Å². The van der Waals surface area contributed by atoms with Gasteiger partial charge in [0.25, 0.3) is 5.91 Å². The molecule has 0 aromatic heterocycles. The SMILES string of the molecule is COc1cccc(N2C[C@@H](NC(=O)c3ccc(S(=O)(=O)N4CCCCC4)cc3)CC2=O)c1. The third kappa shape index (κ3) is 4.63. The van der Waals surface area contributed by atoms with Gasteiger partial charge in [-0.1, -0.05) is 12.5 Å². The van der Waals surface area contributed by atoms with E-state index in [4.69, 9.17) is 4.74 Å². The molecule has 2 aliphatic rings. The van der Waals surface area contributed by atoms with Crippen LogP contribution in [0.2, 0.25) is 0 Å². The molecular weight excluding hydrogens is 430 g/mol. The third-order valence-corrected chi connectivity index (χ3v) is 7.81. The average Bonchev–Trinajstić information content (AvgIpc) is 3.19. The second-order valence-electron chi connectivity index (χ2n) is 8.07. The van der Waals surface area contributed by atoms with Crippen molar-refractivity contribution in [3.05, 3.63) is 54.1 Å². The maximum atomic E-state index is 12.8. The highest BCUT2D eigenvalue weighted by Crippen LogP contribution is 2.26. The second-order valence-corrected chi connectivity index (χ2v) is 10.0. The van der Waals surface area contributed by atoms with Crippen molar-refractivity contribution in [2.75, 3.05) is 31.6 Å². The van der Waals surface area contributed by atoms with E-state index in [1.165, 1.54) is 28.6 Å². The minimum absolute atomic E-state index is 0.0773. The summed E-state index contributed by atoms with van der Waals surface area (Å²) < 4.78 is 32.3. The van der Waals surface area contributed by atoms with Crippen LogP contribution < -0.4 is 15.0 Å². The molecule has 2 heterocycles. The molecule has 2 aromatic rings. The Morgan fingerprint density at radius 1 is 1.06 bits per heavy atom. The first-order valence-electron chi connectivity index (χ1n) is 10.7. The van der Waals surface area contributed by atoms with E-state index in [1.807, 2.05) is 12.1 Å². The Hall–Kier alpha value is -2.91. The summed E-state index contributed by atoms with van der Waals surface area (Å²) in [5.74, 6) is 0.242. The molecule has 0 saturated carbocycles. The zero-order valence-electron chi connectivity index (χ0n) is 18.0. The van der Waals surface area contributed by atoms with Crippen LogP contribution in [-0.4, -0.2) is 57.3 Å². The molecule has 0 bridgehead atoms. The molecule has 4 rings (SSSR count). The van der Waals surface area contributed by atoms with Gasteiger partial charge in [-0.3, -0.25) is 9.59 Å². The molecule has 2 aromatic carbocycles. The van der Waals surface area contributed by atoms with E-state index in [0.717, 1.165) is 24.9 Å². The quantitative estimate of drug-likeness (QED) is 0.719. The molecular formula is C23H27N3O5S. The van der Waals surface area contributed by atoms with Crippen LogP contribution in [0.25, 0.3) is 0 Å². The number of carbonyl (C=O) groups excluding carboxylic acids is 2. The highest BCUT2D eigenvalue weighted by atomic mass is 32.2. The molecule has 0 aliphatic carbocycles. The summed E-state index contributed by atoms with van der Waals surface area (Å²) in [7, 11) is -1.97. The Morgan fingerprint density at radius 3 is 2.47 bits per heavy atom. The number of hydrogen-bond donors (Lipinski definition) is 1. The number of sulfonamides is 1. The summed E-state index contributed by atoms with van der Waals surface area (Å²) in [5, 5.41) is 2.88. The summed E-state index contributed by atoms with van der Waals surface area (Å²) in [4.78, 5) is 27.0. The zero-order chi connectivity index (χ0) is 22.7. The maximum Gasteiger partial charge on any atom is 0.251 e. The summed E-state index contributed by atoms with van der Waals surface area (Å²) >= 11 is 0. The van der Waals surface area contributed by atoms with Crippen molar-refractivity contribution >= 4 is 27.5 Å². The van der Waals surface area contributed by atoms with Gasteiger partial charge >= 0.3 is 0 Å². The lowest BCUT2D eigenvalue weighted by molar-refractivity contribution is -0.117. The largest absolute Gasteiger partial charge is 0.497 e. The number of ether oxygens (including phenoxy) is 1. The molecule has 2 aliphatic heterocycles. The monoisotopic (exact) mass is 457 g/mol. The van der Waals surface area contributed by atoms with Crippen LogP contribution in [0.5, 0.6) is 5.75 Å². The molecule has 8 nitrogen and oxygen atoms in total. The normalized spacial score (nSPS) is 19.7. The van der Waals surface area contributed by atoms with Gasteiger partial charge in [0.2, 0.25) is 15.9 Å². The number of nitrogens with one attached hydrogen (secondary N) is 1. The van der Waals surface area contributed by atoms with Crippen molar-refractivity contribution in [3.8, 4) is 5.75 Å². The first kappa shape index (κ1) is 22.3. The molecule has 2 saturated heterocycles. The van der Waals surface area contributed by atoms with Crippen molar-refractivity contribution in [1.82, 2.24) is 9.62 Å². The Kier molecular flexibility index (Phi) is 6.48. The zero-order valence-corrected chi connectivity index (χ0v) is 18.8. The number of amides is 2. The molecule has 0 radical (unpaired) electrons. The van der Waals surface area contributed by atoms with Crippen LogP contribution in [0, 0.1) is 0 Å². The first-order chi connectivity index (χ1) is 15.4. The molecule has 0 unspecified atom stereocenters. The highest BCUT2D eigenvalue weighted by molar-refractivity contribution is 7.89. The van der Waals surface area contributed by atoms with Gasteiger partial charge in [-0.05, 0) is 49.2 Å². The molecule has 2 amide bonds. The summed E-state index contributed by atoms with van der Waals surface area (Å²) in [6, 6.07) is 12.9. The fourth-order valence-corrected chi connectivity index (χ4v) is 5.65. The Bertz CT molecular complexity index is 1090. The van der Waals surface area contributed by atoms with Crippen molar-refractivity contribution in [2.24, 2.45) is 0 Å². The van der Waals surface area contributed by atoms with Gasteiger partial charge in [0, 0.05) is 43.4 Å². The lowest BCUT2D eigenvalue weighted by Crippen LogP contribution is -2.37. The topological polar surface area (TPSA) is 96.0 Å². The summed E-state index contributed by atoms with van der Waals surface area (Å²) in [6.07, 6.45) is 2.98. The lowest BCUT2D eigenvalue weighted by atomic mass is 10.2. The van der Waals surface area contributed by atoms with E-state index >= 15 is 0 Å². The van der Waals surface area contributed by atoms with Gasteiger partial charge in [-0.15, -0.1) is 0 Å². The van der Waals surface area contributed by atoms with Gasteiger partial charge in [0.1, 0.15) is 5.75 Å². The molecule has 170 valence electrons. The van der Waals surface area contributed by atoms with E-state index in [-0.39, 0.29) is 29.2 Å². The van der Waals surface area contributed by atoms with Gasteiger partial charge in [0.05, 0.1) is 18.0 Å². The number of piperidine rings is 1. The molecule has 1 atom stereocenters. The van der Waals surface area contributed by atoms with Gasteiger partial charge in [0.15, 0.2) is 0 Å². The number of benzene rings is 2. The standard InChI is InChI=1S/C23H27N3O5S/c1-31-20-7-5-6-19(15-20)26-16-18(14-22(26)27)24-23(28)17-8-10-21(11-9-17)32(29,30)25-12-3-2-4-13-25/h5-11,15,18H,2-4,12-14,16H2,1H3,(H,24,28)/t18-/m0/s1. The summed E-state index contributed by atoms with van der Waals surface area (Å²) in [5.41, 5.74) is 1.08. The van der Waals surface area contributed by atoms with Crippen LogP contribution in [0.15, 0.2) is 53.4 Å². The number of anilines is 1. The minimum Gasteiger partial charge on any atom is -0.497 e. The van der Waals surface area contributed by atoms with Gasteiger partial charge < -0.3 is 15.0 Å². The van der Waals surface area contributed by atoms with E-state index in [2.05, 4.69) is 5.32 Å². The van der Waals surface area contributed by atoms with E-state index < -0.39 is 10.0 Å². The van der Waals surface area contributed by atoms with Crippen molar-refractivity contribution in [2.45, 2.75) is 36.6 Å². The number of rotatable bonds is 6. The molecule has 9 heteroatoms. The minimum atomic E-state index is -3.54. The summed E-state index contributed by atoms with van der Waals surface area (Å²) in [6.45, 7) is 1.42. The van der Waals surface area contributed by atoms with Crippen molar-refractivity contribution in [1.29, 1.82) is 0 Å². The second kappa shape index (κ2) is 9.30. The Balaban J connectivity index is 1.40. The number of carbonyl (C=O) groups is 2. The van der Waals surface area contributed by atoms with Crippen molar-refractivity contribution < 1.29 is 22.7 Å². The lowest BCUT2D eigenvalue weighted by Gasteiger charge is -2.25. The fraction of sp³-hybridized carbons (Fsp3) is 0.391. The van der Waals surface area contributed by atoms with E-state index in [0.29, 0.717) is 30.9 Å². The van der Waals surface area contributed by atoms with Crippen LogP contribution >= 0.6 is 0 Å².